The van der Waals surface area contributed by atoms with Crippen LogP contribution in [0, 0.1) is 5.82 Å². The lowest BCUT2D eigenvalue weighted by atomic mass is 10.3. The van der Waals surface area contributed by atoms with E-state index in [9.17, 15) is 9.18 Å². The first kappa shape index (κ1) is 11.8. The lowest BCUT2D eigenvalue weighted by Gasteiger charge is -2.07. The van der Waals surface area contributed by atoms with Crippen molar-refractivity contribution in [2.45, 2.75) is 6.54 Å². The van der Waals surface area contributed by atoms with Gasteiger partial charge in [0.25, 0.3) is 0 Å². The Morgan fingerprint density at radius 3 is 3.06 bits per heavy atom. The van der Waals surface area contributed by atoms with E-state index in [1.165, 1.54) is 16.8 Å². The standard InChI is InChI=1S/C11H9BrFN3O/c12-9-3-2-8(13)6-10(9)15-11(17)7-16-5-1-4-14-16/h1-6H,7H2,(H,15,17). The number of benzene rings is 1. The average molecular weight is 298 g/mol. The summed E-state index contributed by atoms with van der Waals surface area (Å²) in [5.41, 5.74) is 0.405. The number of carbonyl (C=O) groups is 1. The molecule has 1 heterocycles. The molecule has 17 heavy (non-hydrogen) atoms. The summed E-state index contributed by atoms with van der Waals surface area (Å²) in [5.74, 6) is -0.664. The smallest absolute Gasteiger partial charge is 0.246 e. The summed E-state index contributed by atoms with van der Waals surface area (Å²) in [5, 5.41) is 6.51. The van der Waals surface area contributed by atoms with Crippen molar-refractivity contribution in [3.63, 3.8) is 0 Å². The maximum absolute atomic E-state index is 13.0. The number of halogens is 2. The van der Waals surface area contributed by atoms with E-state index in [2.05, 4.69) is 26.3 Å². The average Bonchev–Trinajstić information content (AvgIpc) is 2.76. The van der Waals surface area contributed by atoms with Gasteiger partial charge in [0.1, 0.15) is 12.4 Å². The SMILES string of the molecule is O=C(Cn1cccn1)Nc1cc(F)ccc1Br. The fourth-order valence-corrected chi connectivity index (χ4v) is 1.67. The highest BCUT2D eigenvalue weighted by molar-refractivity contribution is 9.10. The van der Waals surface area contributed by atoms with Crippen molar-refractivity contribution in [2.24, 2.45) is 0 Å². The molecule has 0 radical (unpaired) electrons. The number of nitrogens with one attached hydrogen (secondary N) is 1. The molecular formula is C11H9BrFN3O. The van der Waals surface area contributed by atoms with Gasteiger partial charge in [-0.2, -0.15) is 5.10 Å². The molecule has 1 amide bonds. The molecule has 0 fully saturated rings. The Labute approximate surface area is 106 Å². The van der Waals surface area contributed by atoms with Crippen LogP contribution in [0.15, 0.2) is 41.1 Å². The number of hydrogen-bond acceptors (Lipinski definition) is 2. The van der Waals surface area contributed by atoms with Gasteiger partial charge in [-0.3, -0.25) is 9.48 Å². The summed E-state index contributed by atoms with van der Waals surface area (Å²) in [6.45, 7) is 0.0932. The molecule has 4 nitrogen and oxygen atoms in total. The molecule has 6 heteroatoms. The van der Waals surface area contributed by atoms with E-state index in [1.54, 1.807) is 24.5 Å². The van der Waals surface area contributed by atoms with Gasteiger partial charge < -0.3 is 5.32 Å². The van der Waals surface area contributed by atoms with Crippen molar-refractivity contribution in [2.75, 3.05) is 5.32 Å². The third-order valence-corrected chi connectivity index (χ3v) is 2.76. The summed E-state index contributed by atoms with van der Waals surface area (Å²) in [6, 6.07) is 5.84. The van der Waals surface area contributed by atoms with Crippen LogP contribution in [0.2, 0.25) is 0 Å². The predicted molar refractivity (Wildman–Crippen MR) is 65.0 cm³/mol. The normalized spacial score (nSPS) is 10.2. The van der Waals surface area contributed by atoms with Crippen LogP contribution in [0.4, 0.5) is 10.1 Å². The third kappa shape index (κ3) is 3.13. The molecule has 0 aliphatic heterocycles. The summed E-state index contributed by atoms with van der Waals surface area (Å²) >= 11 is 3.23. The monoisotopic (exact) mass is 297 g/mol. The molecule has 0 bridgehead atoms. The van der Waals surface area contributed by atoms with Gasteiger partial charge in [0.2, 0.25) is 5.91 Å². The first-order valence-corrected chi connectivity index (χ1v) is 5.67. The van der Waals surface area contributed by atoms with Crippen LogP contribution in [-0.4, -0.2) is 15.7 Å². The summed E-state index contributed by atoms with van der Waals surface area (Å²) < 4.78 is 15.1. The maximum atomic E-state index is 13.0. The minimum absolute atomic E-state index is 0.0932. The molecule has 0 aliphatic rings. The zero-order valence-electron chi connectivity index (χ0n) is 8.73. The molecule has 0 aliphatic carbocycles. The molecule has 2 aromatic rings. The van der Waals surface area contributed by atoms with Crippen LogP contribution in [0.25, 0.3) is 0 Å². The minimum Gasteiger partial charge on any atom is -0.323 e. The number of anilines is 1. The molecule has 0 atom stereocenters. The number of nitrogens with zero attached hydrogens (tertiary/aromatic N) is 2. The highest BCUT2D eigenvalue weighted by Crippen LogP contribution is 2.22. The molecular weight excluding hydrogens is 289 g/mol. The van der Waals surface area contributed by atoms with E-state index >= 15 is 0 Å². The summed E-state index contributed by atoms with van der Waals surface area (Å²) in [7, 11) is 0. The van der Waals surface area contributed by atoms with Crippen molar-refractivity contribution in [3.8, 4) is 0 Å². The number of hydrogen-bond donors (Lipinski definition) is 1. The zero-order valence-corrected chi connectivity index (χ0v) is 10.3. The van der Waals surface area contributed by atoms with Gasteiger partial charge in [0, 0.05) is 16.9 Å². The van der Waals surface area contributed by atoms with E-state index in [1.807, 2.05) is 0 Å². The Bertz CT molecular complexity index is 528. The Morgan fingerprint density at radius 2 is 2.35 bits per heavy atom. The first-order valence-electron chi connectivity index (χ1n) is 4.87. The molecule has 88 valence electrons. The minimum atomic E-state index is -0.400. The lowest BCUT2D eigenvalue weighted by molar-refractivity contribution is -0.116. The Morgan fingerprint density at radius 1 is 1.53 bits per heavy atom. The van der Waals surface area contributed by atoms with Gasteiger partial charge in [-0.1, -0.05) is 0 Å². The van der Waals surface area contributed by atoms with Crippen LogP contribution in [0.1, 0.15) is 0 Å². The van der Waals surface area contributed by atoms with Gasteiger partial charge in [0.05, 0.1) is 5.69 Å². The van der Waals surface area contributed by atoms with Crippen LogP contribution in [0.3, 0.4) is 0 Å². The van der Waals surface area contributed by atoms with Gasteiger partial charge in [0.15, 0.2) is 0 Å². The highest BCUT2D eigenvalue weighted by Gasteiger charge is 2.07. The fraction of sp³-hybridized carbons (Fsp3) is 0.0909. The van der Waals surface area contributed by atoms with Gasteiger partial charge >= 0.3 is 0 Å². The number of amides is 1. The third-order valence-electron chi connectivity index (χ3n) is 2.07. The van der Waals surface area contributed by atoms with E-state index < -0.39 is 5.82 Å². The van der Waals surface area contributed by atoms with Crippen LogP contribution in [-0.2, 0) is 11.3 Å². The Hall–Kier alpha value is -1.69. The summed E-state index contributed by atoms with van der Waals surface area (Å²) in [6.07, 6.45) is 3.27. The van der Waals surface area contributed by atoms with Gasteiger partial charge in [-0.25, -0.2) is 4.39 Å². The zero-order chi connectivity index (χ0) is 12.3. The topological polar surface area (TPSA) is 46.9 Å². The second kappa shape index (κ2) is 5.09. The molecule has 1 N–H and O–H groups in total. The van der Waals surface area contributed by atoms with E-state index in [0.717, 1.165) is 0 Å². The quantitative estimate of drug-likeness (QED) is 0.946. The molecule has 1 aromatic carbocycles. The predicted octanol–water partition coefficient (Wildman–Crippen LogP) is 2.42. The maximum Gasteiger partial charge on any atom is 0.246 e. The number of aromatic nitrogens is 2. The molecule has 0 spiro atoms. The highest BCUT2D eigenvalue weighted by atomic mass is 79.9. The fourth-order valence-electron chi connectivity index (χ4n) is 1.32. The van der Waals surface area contributed by atoms with Crippen LogP contribution >= 0.6 is 15.9 Å². The van der Waals surface area contributed by atoms with E-state index in [4.69, 9.17) is 0 Å². The number of rotatable bonds is 3. The molecule has 0 saturated carbocycles. The molecule has 1 aromatic heterocycles. The van der Waals surface area contributed by atoms with Crippen LogP contribution in [0.5, 0.6) is 0 Å². The van der Waals surface area contributed by atoms with Crippen molar-refractivity contribution in [3.05, 3.63) is 46.9 Å². The van der Waals surface area contributed by atoms with E-state index in [0.29, 0.717) is 10.2 Å². The number of carbonyl (C=O) groups excluding carboxylic acids is 1. The van der Waals surface area contributed by atoms with Gasteiger partial charge in [-0.15, -0.1) is 0 Å². The molecule has 2 rings (SSSR count). The van der Waals surface area contributed by atoms with Crippen molar-refractivity contribution in [1.82, 2.24) is 9.78 Å². The van der Waals surface area contributed by atoms with Gasteiger partial charge in [-0.05, 0) is 40.2 Å². The lowest BCUT2D eigenvalue weighted by Crippen LogP contribution is -2.19. The second-order valence-electron chi connectivity index (χ2n) is 3.38. The molecule has 0 unspecified atom stereocenters. The van der Waals surface area contributed by atoms with Crippen molar-refractivity contribution >= 4 is 27.5 Å². The van der Waals surface area contributed by atoms with Crippen molar-refractivity contribution in [1.29, 1.82) is 0 Å². The largest absolute Gasteiger partial charge is 0.323 e. The van der Waals surface area contributed by atoms with Crippen molar-refractivity contribution < 1.29 is 9.18 Å². The molecule has 0 saturated heterocycles. The Kier molecular flexibility index (Phi) is 3.53. The first-order chi connectivity index (χ1) is 8.15. The van der Waals surface area contributed by atoms with E-state index in [-0.39, 0.29) is 12.5 Å². The second-order valence-corrected chi connectivity index (χ2v) is 4.23. The Balaban J connectivity index is 2.05. The summed E-state index contributed by atoms with van der Waals surface area (Å²) in [4.78, 5) is 11.6. The van der Waals surface area contributed by atoms with Crippen LogP contribution < -0.4 is 5.32 Å².